The van der Waals surface area contributed by atoms with Crippen LogP contribution in [0.25, 0.3) is 0 Å². The molecule has 2 rings (SSSR count). The molecule has 0 spiro atoms. The van der Waals surface area contributed by atoms with E-state index in [0.29, 0.717) is 0 Å². The summed E-state index contributed by atoms with van der Waals surface area (Å²) in [6.45, 7) is 1.65. The molecule has 0 aromatic heterocycles. The van der Waals surface area contributed by atoms with Crippen LogP contribution >= 0.6 is 0 Å². The Labute approximate surface area is 91.4 Å². The molecule has 1 radical (unpaired) electrons. The molecule has 1 aliphatic heterocycles. The Balaban J connectivity index is 0.000000845. The number of hydrogen-bond donors (Lipinski definition) is 0. The molecular weight excluding hydrogens is 342 g/mol. The summed E-state index contributed by atoms with van der Waals surface area (Å²) in [7, 11) is 0. The van der Waals surface area contributed by atoms with Crippen LogP contribution in [0.2, 0.25) is 0 Å². The minimum atomic E-state index is 0. The third kappa shape index (κ3) is 2.64. The van der Waals surface area contributed by atoms with Crippen LogP contribution in [-0.2, 0) is 24.8 Å². The van der Waals surface area contributed by atoms with Crippen molar-refractivity contribution in [2.75, 3.05) is 13.2 Å². The van der Waals surface area contributed by atoms with E-state index in [4.69, 9.17) is 4.74 Å². The molecule has 0 saturated heterocycles. The molecule has 0 unspecified atom stereocenters. The minimum absolute atomic E-state index is 0. The van der Waals surface area contributed by atoms with E-state index in [-0.39, 0.29) is 20.1 Å². The van der Waals surface area contributed by atoms with Crippen molar-refractivity contribution in [3.05, 3.63) is 35.9 Å². The van der Waals surface area contributed by atoms with Gasteiger partial charge in [-0.05, 0) is 6.42 Å². The smallest absolute Gasteiger partial charge is 0.129 e. The third-order valence-corrected chi connectivity index (χ3v) is 1.74. The molecule has 1 aromatic carbocycles. The van der Waals surface area contributed by atoms with E-state index in [1.807, 2.05) is 24.3 Å². The molecule has 1 heterocycles. The van der Waals surface area contributed by atoms with Gasteiger partial charge in [-0.1, -0.05) is 5.56 Å². The molecule has 0 fully saturated rings. The molecule has 0 saturated carbocycles. The minimum Gasteiger partial charge on any atom is -0.520 e. The Morgan fingerprint density at radius 1 is 1.38 bits per heavy atom. The van der Waals surface area contributed by atoms with Gasteiger partial charge < -0.3 is 4.74 Å². The van der Waals surface area contributed by atoms with Gasteiger partial charge in [0.15, 0.2) is 0 Å². The van der Waals surface area contributed by atoms with Gasteiger partial charge in [0.25, 0.3) is 0 Å². The molecule has 0 aliphatic carbocycles. The van der Waals surface area contributed by atoms with Gasteiger partial charge in [-0.15, -0.1) is 30.3 Å². The molecule has 13 heavy (non-hydrogen) atoms. The summed E-state index contributed by atoms with van der Waals surface area (Å²) >= 11 is 0. The van der Waals surface area contributed by atoms with E-state index in [1.54, 1.807) is 0 Å². The molecule has 0 atom stereocenters. The van der Waals surface area contributed by atoms with Gasteiger partial charge in [0.05, 0.1) is 6.61 Å². The largest absolute Gasteiger partial charge is 0.520 e. The van der Waals surface area contributed by atoms with Crippen LogP contribution in [0.4, 0.5) is 0 Å². The summed E-state index contributed by atoms with van der Waals surface area (Å²) in [4.78, 5) is 4.26. The Kier molecular flexibility index (Phi) is 4.13. The Morgan fingerprint density at radius 2 is 2.31 bits per heavy atom. The quantitative estimate of drug-likeness (QED) is 0.705. The standard InChI is InChI=1S/C10H10NO.Ir/c1-2-5-9(6-3-1)10-11-7-4-8-12-10;/h1-3,5H,4,7-8H2;/q-1;. The second-order valence-corrected chi connectivity index (χ2v) is 2.67. The third-order valence-electron chi connectivity index (χ3n) is 1.74. The predicted molar refractivity (Wildman–Crippen MR) is 47.3 cm³/mol. The summed E-state index contributed by atoms with van der Waals surface area (Å²) in [5.41, 5.74) is 0.956. The molecule has 0 amide bonds. The first kappa shape index (κ1) is 10.4. The first-order valence-corrected chi connectivity index (χ1v) is 4.11. The number of aliphatic imine (C=N–C) groups is 1. The van der Waals surface area contributed by atoms with E-state index >= 15 is 0 Å². The van der Waals surface area contributed by atoms with Crippen molar-refractivity contribution in [1.29, 1.82) is 0 Å². The first-order valence-electron chi connectivity index (χ1n) is 4.11. The Hall–Kier alpha value is -0.661. The average Bonchev–Trinajstić information content (AvgIpc) is 2.21. The zero-order valence-electron chi connectivity index (χ0n) is 7.12. The zero-order chi connectivity index (χ0) is 8.23. The molecular formula is C10H10IrNO-. The van der Waals surface area contributed by atoms with Gasteiger partial charge >= 0.3 is 0 Å². The van der Waals surface area contributed by atoms with Gasteiger partial charge in [0.2, 0.25) is 0 Å². The van der Waals surface area contributed by atoms with Crippen LogP contribution in [0.5, 0.6) is 0 Å². The van der Waals surface area contributed by atoms with Crippen molar-refractivity contribution >= 4 is 5.90 Å². The predicted octanol–water partition coefficient (Wildman–Crippen LogP) is 1.65. The molecule has 71 valence electrons. The fourth-order valence-electron chi connectivity index (χ4n) is 1.15. The van der Waals surface area contributed by atoms with E-state index in [2.05, 4.69) is 11.1 Å². The van der Waals surface area contributed by atoms with E-state index in [9.17, 15) is 0 Å². The maximum absolute atomic E-state index is 5.38. The van der Waals surface area contributed by atoms with Crippen LogP contribution in [0.15, 0.2) is 29.3 Å². The summed E-state index contributed by atoms with van der Waals surface area (Å²) < 4.78 is 5.38. The number of rotatable bonds is 1. The van der Waals surface area contributed by atoms with E-state index < -0.39 is 0 Å². The monoisotopic (exact) mass is 353 g/mol. The van der Waals surface area contributed by atoms with Gasteiger partial charge in [-0.2, -0.15) is 0 Å². The van der Waals surface area contributed by atoms with Crippen molar-refractivity contribution in [3.63, 3.8) is 0 Å². The number of benzene rings is 1. The summed E-state index contributed by atoms with van der Waals surface area (Å²) in [6, 6.07) is 10.8. The van der Waals surface area contributed by atoms with Crippen LogP contribution in [0, 0.1) is 6.07 Å². The average molecular weight is 352 g/mol. The van der Waals surface area contributed by atoms with Crippen LogP contribution in [0.3, 0.4) is 0 Å². The SMILES string of the molecule is [Ir].[c-]1ccccc1C1=NCCCO1. The van der Waals surface area contributed by atoms with Crippen LogP contribution in [-0.4, -0.2) is 19.0 Å². The van der Waals surface area contributed by atoms with Crippen LogP contribution in [0.1, 0.15) is 12.0 Å². The van der Waals surface area contributed by atoms with Gasteiger partial charge in [0.1, 0.15) is 5.90 Å². The first-order chi connectivity index (χ1) is 5.97. The maximum Gasteiger partial charge on any atom is 0.129 e. The van der Waals surface area contributed by atoms with Crippen molar-refractivity contribution in [2.45, 2.75) is 6.42 Å². The maximum atomic E-state index is 5.38. The Bertz CT molecular complexity index is 284. The number of ether oxygens (including phenoxy) is 1. The molecule has 1 aliphatic rings. The van der Waals surface area contributed by atoms with Crippen molar-refractivity contribution < 1.29 is 24.8 Å². The summed E-state index contributed by atoms with van der Waals surface area (Å²) in [6.07, 6.45) is 1.02. The van der Waals surface area contributed by atoms with E-state index in [0.717, 1.165) is 31.0 Å². The molecule has 0 bridgehead atoms. The molecule has 0 N–H and O–H groups in total. The van der Waals surface area contributed by atoms with Gasteiger partial charge in [-0.25, -0.2) is 0 Å². The number of hydrogen-bond acceptors (Lipinski definition) is 2. The second kappa shape index (κ2) is 5.15. The van der Waals surface area contributed by atoms with Gasteiger partial charge in [0, 0.05) is 26.7 Å². The normalized spacial score (nSPS) is 15.2. The fourth-order valence-corrected chi connectivity index (χ4v) is 1.15. The Morgan fingerprint density at radius 3 is 2.92 bits per heavy atom. The molecule has 3 heteroatoms. The van der Waals surface area contributed by atoms with Gasteiger partial charge in [-0.3, -0.25) is 4.99 Å². The van der Waals surface area contributed by atoms with Crippen LogP contribution < -0.4 is 0 Å². The van der Waals surface area contributed by atoms with E-state index in [1.165, 1.54) is 0 Å². The molecule has 2 nitrogen and oxygen atoms in total. The van der Waals surface area contributed by atoms with Crippen molar-refractivity contribution in [2.24, 2.45) is 4.99 Å². The topological polar surface area (TPSA) is 21.6 Å². The van der Waals surface area contributed by atoms with Crippen molar-refractivity contribution in [1.82, 2.24) is 0 Å². The zero-order valence-corrected chi connectivity index (χ0v) is 9.51. The number of nitrogens with zero attached hydrogens (tertiary/aromatic N) is 1. The fraction of sp³-hybridized carbons (Fsp3) is 0.300. The molecule has 1 aromatic rings. The second-order valence-electron chi connectivity index (χ2n) is 2.67. The summed E-state index contributed by atoms with van der Waals surface area (Å²) in [5.74, 6) is 0.738. The van der Waals surface area contributed by atoms with Crippen molar-refractivity contribution in [3.8, 4) is 0 Å². The summed E-state index contributed by atoms with van der Waals surface area (Å²) in [5, 5.41) is 0.